The Kier molecular flexibility index (Phi) is 6.12. The number of hydrogen-bond acceptors (Lipinski definition) is 3. The standard InChI is InChI=1S/C19H19NO3/c1-2-16-10-6-7-11-17(16)20-18(21)14-23-19(22)13-12-15-8-4-3-5-9-15/h3-13H,2,14H2,1H3,(H,20,21). The molecular formula is C19H19NO3. The number of para-hydroxylation sites is 1. The van der Waals surface area contributed by atoms with Crippen LogP contribution in [0.25, 0.3) is 6.08 Å². The number of benzene rings is 2. The van der Waals surface area contributed by atoms with Gasteiger partial charge in [0, 0.05) is 11.8 Å². The third-order valence-corrected chi connectivity index (χ3v) is 3.23. The molecule has 0 unspecified atom stereocenters. The maximum atomic E-state index is 11.8. The highest BCUT2D eigenvalue weighted by atomic mass is 16.5. The summed E-state index contributed by atoms with van der Waals surface area (Å²) in [6.07, 6.45) is 3.77. The minimum atomic E-state index is -0.548. The Balaban J connectivity index is 1.82. The Morgan fingerprint density at radius 3 is 2.48 bits per heavy atom. The number of anilines is 1. The average molecular weight is 309 g/mol. The van der Waals surface area contributed by atoms with Crippen LogP contribution in [0.3, 0.4) is 0 Å². The first-order valence-corrected chi connectivity index (χ1v) is 7.46. The van der Waals surface area contributed by atoms with Gasteiger partial charge in [0.15, 0.2) is 6.61 Å². The molecule has 23 heavy (non-hydrogen) atoms. The van der Waals surface area contributed by atoms with E-state index in [0.717, 1.165) is 23.2 Å². The van der Waals surface area contributed by atoms with Crippen molar-refractivity contribution in [1.82, 2.24) is 0 Å². The molecule has 0 aliphatic rings. The first-order chi connectivity index (χ1) is 11.2. The van der Waals surface area contributed by atoms with Crippen LogP contribution in [0.1, 0.15) is 18.1 Å². The number of esters is 1. The van der Waals surface area contributed by atoms with E-state index in [9.17, 15) is 9.59 Å². The third kappa shape index (κ3) is 5.43. The molecule has 0 spiro atoms. The lowest BCUT2D eigenvalue weighted by molar-refractivity contribution is -0.142. The highest BCUT2D eigenvalue weighted by molar-refractivity contribution is 5.95. The molecule has 0 radical (unpaired) electrons. The second kappa shape index (κ2) is 8.54. The monoisotopic (exact) mass is 309 g/mol. The topological polar surface area (TPSA) is 55.4 Å². The van der Waals surface area contributed by atoms with Crippen LogP contribution in [-0.4, -0.2) is 18.5 Å². The van der Waals surface area contributed by atoms with Gasteiger partial charge in [-0.15, -0.1) is 0 Å². The van der Waals surface area contributed by atoms with Crippen molar-refractivity contribution >= 4 is 23.6 Å². The highest BCUT2D eigenvalue weighted by Crippen LogP contribution is 2.15. The van der Waals surface area contributed by atoms with Crippen LogP contribution in [0.2, 0.25) is 0 Å². The number of hydrogen-bond donors (Lipinski definition) is 1. The van der Waals surface area contributed by atoms with Crippen molar-refractivity contribution in [2.24, 2.45) is 0 Å². The van der Waals surface area contributed by atoms with Crippen LogP contribution >= 0.6 is 0 Å². The molecule has 0 aliphatic heterocycles. The third-order valence-electron chi connectivity index (χ3n) is 3.23. The molecule has 4 heteroatoms. The Morgan fingerprint density at radius 2 is 1.74 bits per heavy atom. The van der Waals surface area contributed by atoms with Gasteiger partial charge in [-0.3, -0.25) is 4.79 Å². The quantitative estimate of drug-likeness (QED) is 0.657. The smallest absolute Gasteiger partial charge is 0.331 e. The molecule has 118 valence electrons. The van der Waals surface area contributed by atoms with Gasteiger partial charge in [-0.05, 0) is 29.7 Å². The summed E-state index contributed by atoms with van der Waals surface area (Å²) in [4.78, 5) is 23.5. The fourth-order valence-electron chi connectivity index (χ4n) is 2.05. The van der Waals surface area contributed by atoms with Gasteiger partial charge in [0.05, 0.1) is 0 Å². The Morgan fingerprint density at radius 1 is 1.04 bits per heavy atom. The van der Waals surface area contributed by atoms with Gasteiger partial charge in [-0.25, -0.2) is 4.79 Å². The summed E-state index contributed by atoms with van der Waals surface area (Å²) in [6, 6.07) is 16.9. The van der Waals surface area contributed by atoms with Crippen molar-refractivity contribution < 1.29 is 14.3 Å². The van der Waals surface area contributed by atoms with E-state index in [1.165, 1.54) is 6.08 Å². The fraction of sp³-hybridized carbons (Fsp3) is 0.158. The summed E-state index contributed by atoms with van der Waals surface area (Å²) in [7, 11) is 0. The normalized spacial score (nSPS) is 10.5. The van der Waals surface area contributed by atoms with Crippen molar-refractivity contribution in [3.63, 3.8) is 0 Å². The lowest BCUT2D eigenvalue weighted by Gasteiger charge is -2.09. The minimum absolute atomic E-state index is 0.310. The number of nitrogens with one attached hydrogen (secondary N) is 1. The second-order valence-corrected chi connectivity index (χ2v) is 4.91. The molecule has 0 heterocycles. The SMILES string of the molecule is CCc1ccccc1NC(=O)COC(=O)C=Cc1ccccc1. The van der Waals surface area contributed by atoms with Crippen molar-refractivity contribution in [2.45, 2.75) is 13.3 Å². The van der Waals surface area contributed by atoms with E-state index in [1.54, 1.807) is 6.08 Å². The summed E-state index contributed by atoms with van der Waals surface area (Å²) in [5, 5.41) is 2.75. The lowest BCUT2D eigenvalue weighted by atomic mass is 10.1. The highest BCUT2D eigenvalue weighted by Gasteiger charge is 2.07. The number of ether oxygens (including phenoxy) is 1. The van der Waals surface area contributed by atoms with Gasteiger partial charge in [-0.1, -0.05) is 55.5 Å². The molecule has 4 nitrogen and oxygen atoms in total. The molecule has 0 saturated carbocycles. The lowest BCUT2D eigenvalue weighted by Crippen LogP contribution is -2.20. The zero-order valence-corrected chi connectivity index (χ0v) is 13.0. The summed E-state index contributed by atoms with van der Waals surface area (Å²) in [5.41, 5.74) is 2.68. The zero-order chi connectivity index (χ0) is 16.5. The number of rotatable bonds is 6. The maximum absolute atomic E-state index is 11.8. The number of carbonyl (C=O) groups excluding carboxylic acids is 2. The Hall–Kier alpha value is -2.88. The van der Waals surface area contributed by atoms with Gasteiger partial charge in [0.2, 0.25) is 0 Å². The van der Waals surface area contributed by atoms with E-state index in [0.29, 0.717) is 0 Å². The summed E-state index contributed by atoms with van der Waals surface area (Å²) in [5.74, 6) is -0.903. The van der Waals surface area contributed by atoms with Gasteiger partial charge in [-0.2, -0.15) is 0 Å². The number of aryl methyl sites for hydroxylation is 1. The van der Waals surface area contributed by atoms with Gasteiger partial charge >= 0.3 is 5.97 Å². The van der Waals surface area contributed by atoms with Gasteiger partial charge < -0.3 is 10.1 Å². The molecule has 1 amide bonds. The second-order valence-electron chi connectivity index (χ2n) is 4.91. The zero-order valence-electron chi connectivity index (χ0n) is 13.0. The fourth-order valence-corrected chi connectivity index (χ4v) is 2.05. The molecule has 2 aromatic carbocycles. The van der Waals surface area contributed by atoms with E-state index >= 15 is 0 Å². The average Bonchev–Trinajstić information content (AvgIpc) is 2.59. The Labute approximate surface area is 135 Å². The largest absolute Gasteiger partial charge is 0.452 e. The Bertz CT molecular complexity index is 693. The van der Waals surface area contributed by atoms with E-state index in [-0.39, 0.29) is 12.5 Å². The first-order valence-electron chi connectivity index (χ1n) is 7.46. The van der Waals surface area contributed by atoms with Crippen LogP contribution in [-0.2, 0) is 20.7 Å². The number of carbonyl (C=O) groups is 2. The van der Waals surface area contributed by atoms with Gasteiger partial charge in [0.1, 0.15) is 0 Å². The van der Waals surface area contributed by atoms with Crippen molar-refractivity contribution in [2.75, 3.05) is 11.9 Å². The van der Waals surface area contributed by atoms with Crippen LogP contribution < -0.4 is 5.32 Å². The molecule has 2 aromatic rings. The molecule has 0 bridgehead atoms. The van der Waals surface area contributed by atoms with E-state index < -0.39 is 5.97 Å². The molecule has 0 atom stereocenters. The molecular weight excluding hydrogens is 290 g/mol. The maximum Gasteiger partial charge on any atom is 0.331 e. The van der Waals surface area contributed by atoms with E-state index in [2.05, 4.69) is 5.32 Å². The van der Waals surface area contributed by atoms with Crippen molar-refractivity contribution in [1.29, 1.82) is 0 Å². The number of amides is 1. The summed E-state index contributed by atoms with van der Waals surface area (Å²) < 4.78 is 4.93. The molecule has 0 aliphatic carbocycles. The van der Waals surface area contributed by atoms with Crippen molar-refractivity contribution in [3.05, 3.63) is 71.8 Å². The predicted octanol–water partition coefficient (Wildman–Crippen LogP) is 3.44. The van der Waals surface area contributed by atoms with Crippen LogP contribution in [0, 0.1) is 0 Å². The van der Waals surface area contributed by atoms with E-state index in [1.807, 2.05) is 61.5 Å². The van der Waals surface area contributed by atoms with Gasteiger partial charge in [0.25, 0.3) is 5.91 Å². The molecule has 1 N–H and O–H groups in total. The molecule has 0 fully saturated rings. The summed E-state index contributed by atoms with van der Waals surface area (Å²) in [6.45, 7) is 1.70. The van der Waals surface area contributed by atoms with Crippen LogP contribution in [0.15, 0.2) is 60.7 Å². The minimum Gasteiger partial charge on any atom is -0.452 e. The first kappa shape index (κ1) is 16.5. The summed E-state index contributed by atoms with van der Waals surface area (Å²) >= 11 is 0. The van der Waals surface area contributed by atoms with Crippen LogP contribution in [0.5, 0.6) is 0 Å². The van der Waals surface area contributed by atoms with E-state index in [4.69, 9.17) is 4.74 Å². The molecule has 2 rings (SSSR count). The van der Waals surface area contributed by atoms with Crippen molar-refractivity contribution in [3.8, 4) is 0 Å². The predicted molar refractivity (Wildman–Crippen MR) is 90.9 cm³/mol. The van der Waals surface area contributed by atoms with Crippen LogP contribution in [0.4, 0.5) is 5.69 Å². The molecule has 0 saturated heterocycles. The molecule has 0 aromatic heterocycles.